The highest BCUT2D eigenvalue weighted by Crippen LogP contribution is 2.28. The maximum Gasteiger partial charge on any atom is 0.233 e. The number of fused-ring (bicyclic) bond motifs is 1. The average Bonchev–Trinajstić information content (AvgIpc) is 3.55. The zero-order chi connectivity index (χ0) is 25.8. The van der Waals surface area contributed by atoms with Crippen molar-refractivity contribution in [3.05, 3.63) is 72.3 Å². The third-order valence-electron chi connectivity index (χ3n) is 6.42. The summed E-state index contributed by atoms with van der Waals surface area (Å²) < 4.78 is 32.9. The number of benzene rings is 1. The van der Waals surface area contributed by atoms with Crippen LogP contribution < -0.4 is 14.4 Å². The molecule has 11 heteroatoms. The van der Waals surface area contributed by atoms with E-state index < -0.39 is 10.0 Å². The number of pyridine rings is 2. The molecular weight excluding hydrogens is 490 g/mol. The van der Waals surface area contributed by atoms with Gasteiger partial charge in [-0.25, -0.2) is 22.9 Å². The van der Waals surface area contributed by atoms with Crippen LogP contribution in [0.2, 0.25) is 0 Å². The van der Waals surface area contributed by atoms with Gasteiger partial charge in [0.15, 0.2) is 17.3 Å². The summed E-state index contributed by atoms with van der Waals surface area (Å²) in [6.45, 7) is 4.01. The molecule has 3 aromatic heterocycles. The third-order valence-corrected chi connectivity index (χ3v) is 7.59. The first-order valence-electron chi connectivity index (χ1n) is 12.3. The van der Waals surface area contributed by atoms with Crippen LogP contribution in [0.4, 0.5) is 17.2 Å². The molecule has 1 fully saturated rings. The lowest BCUT2D eigenvalue weighted by Gasteiger charge is -2.19. The molecule has 0 atom stereocenters. The summed E-state index contributed by atoms with van der Waals surface area (Å²) in [4.78, 5) is 11.4. The van der Waals surface area contributed by atoms with Crippen LogP contribution in [-0.4, -0.2) is 72.4 Å². The molecule has 0 aliphatic carbocycles. The predicted molar refractivity (Wildman–Crippen MR) is 144 cm³/mol. The van der Waals surface area contributed by atoms with Crippen LogP contribution in [0.15, 0.2) is 60.9 Å². The molecule has 0 saturated carbocycles. The summed E-state index contributed by atoms with van der Waals surface area (Å²) in [6.07, 6.45) is 7.68. The Balaban J connectivity index is 1.28. The minimum atomic E-state index is -3.47. The molecule has 37 heavy (non-hydrogen) atoms. The standard InChI is InChI=1S/C26H31N7O3S/c1-31(37(2,34)35)25-22(7-5-13-27-25)28-23-8-6-16-33-26(23)29-24(30-33)19-20-9-11-21(12-10-20)36-18-17-32-14-3-4-15-32/h5-13,16,28H,3-4,14-15,17-19H2,1-2H3. The van der Waals surface area contributed by atoms with E-state index >= 15 is 0 Å². The molecule has 4 aromatic rings. The summed E-state index contributed by atoms with van der Waals surface area (Å²) in [7, 11) is -1.99. The molecular formula is C26H31N7O3S. The maximum atomic E-state index is 12.1. The molecule has 0 radical (unpaired) electrons. The van der Waals surface area contributed by atoms with Crippen molar-refractivity contribution < 1.29 is 13.2 Å². The lowest BCUT2D eigenvalue weighted by atomic mass is 10.1. The van der Waals surface area contributed by atoms with Crippen LogP contribution in [-0.2, 0) is 16.4 Å². The van der Waals surface area contributed by atoms with E-state index in [1.807, 2.05) is 42.6 Å². The number of sulfonamides is 1. The van der Waals surface area contributed by atoms with Gasteiger partial charge in [-0.1, -0.05) is 12.1 Å². The number of hydrogen-bond donors (Lipinski definition) is 1. The van der Waals surface area contributed by atoms with E-state index in [1.165, 1.54) is 33.0 Å². The van der Waals surface area contributed by atoms with Gasteiger partial charge in [0.25, 0.3) is 0 Å². The fourth-order valence-corrected chi connectivity index (χ4v) is 4.82. The van der Waals surface area contributed by atoms with Crippen molar-refractivity contribution in [2.75, 3.05) is 49.2 Å². The van der Waals surface area contributed by atoms with E-state index in [0.717, 1.165) is 28.4 Å². The number of nitrogens with zero attached hydrogens (tertiary/aromatic N) is 6. The number of hydrogen-bond acceptors (Lipinski definition) is 8. The van der Waals surface area contributed by atoms with Crippen molar-refractivity contribution in [2.45, 2.75) is 19.3 Å². The monoisotopic (exact) mass is 521 g/mol. The van der Waals surface area contributed by atoms with E-state index in [0.29, 0.717) is 41.7 Å². The van der Waals surface area contributed by atoms with Crippen LogP contribution in [0.1, 0.15) is 24.2 Å². The number of aromatic nitrogens is 4. The molecule has 1 aromatic carbocycles. The van der Waals surface area contributed by atoms with Gasteiger partial charge in [0.1, 0.15) is 12.4 Å². The highest BCUT2D eigenvalue weighted by Gasteiger charge is 2.18. The van der Waals surface area contributed by atoms with Gasteiger partial charge in [0.2, 0.25) is 10.0 Å². The van der Waals surface area contributed by atoms with Crippen molar-refractivity contribution in [2.24, 2.45) is 0 Å². The molecule has 4 heterocycles. The van der Waals surface area contributed by atoms with Crippen LogP contribution in [0.3, 0.4) is 0 Å². The number of likely N-dealkylation sites (tertiary alicyclic amines) is 1. The van der Waals surface area contributed by atoms with Gasteiger partial charge in [0.05, 0.1) is 17.6 Å². The van der Waals surface area contributed by atoms with Gasteiger partial charge in [-0.15, -0.1) is 0 Å². The van der Waals surface area contributed by atoms with Crippen molar-refractivity contribution in [1.82, 2.24) is 24.5 Å². The molecule has 1 N–H and O–H groups in total. The quantitative estimate of drug-likeness (QED) is 0.339. The fourth-order valence-electron chi connectivity index (χ4n) is 4.36. The van der Waals surface area contributed by atoms with Gasteiger partial charge in [0, 0.05) is 32.4 Å². The van der Waals surface area contributed by atoms with Gasteiger partial charge in [-0.05, 0) is 67.9 Å². The normalized spacial score (nSPS) is 14.2. The van der Waals surface area contributed by atoms with Crippen molar-refractivity contribution in [3.8, 4) is 5.75 Å². The number of nitrogens with one attached hydrogen (secondary N) is 1. The summed E-state index contributed by atoms with van der Waals surface area (Å²) >= 11 is 0. The fraction of sp³-hybridized carbons (Fsp3) is 0.346. The second-order valence-electron chi connectivity index (χ2n) is 9.17. The molecule has 0 bridgehead atoms. The molecule has 1 aliphatic heterocycles. The Labute approximate surface area is 217 Å². The Morgan fingerprint density at radius 3 is 2.57 bits per heavy atom. The van der Waals surface area contributed by atoms with Gasteiger partial charge >= 0.3 is 0 Å². The third kappa shape index (κ3) is 6.00. The Morgan fingerprint density at radius 2 is 1.81 bits per heavy atom. The zero-order valence-electron chi connectivity index (χ0n) is 21.0. The Morgan fingerprint density at radius 1 is 1.05 bits per heavy atom. The Hall–Kier alpha value is -3.70. The summed E-state index contributed by atoms with van der Waals surface area (Å²) in [5, 5.41) is 7.91. The smallest absolute Gasteiger partial charge is 0.233 e. The second kappa shape index (κ2) is 10.7. The van der Waals surface area contributed by atoms with Crippen LogP contribution >= 0.6 is 0 Å². The molecule has 0 unspecified atom stereocenters. The van der Waals surface area contributed by atoms with E-state index in [1.54, 1.807) is 22.8 Å². The highest BCUT2D eigenvalue weighted by molar-refractivity contribution is 7.92. The topological polar surface area (TPSA) is 105 Å². The van der Waals surface area contributed by atoms with Crippen molar-refractivity contribution >= 4 is 32.9 Å². The van der Waals surface area contributed by atoms with Crippen molar-refractivity contribution in [1.29, 1.82) is 0 Å². The lowest BCUT2D eigenvalue weighted by Crippen LogP contribution is -2.26. The zero-order valence-corrected chi connectivity index (χ0v) is 21.9. The van der Waals surface area contributed by atoms with Crippen LogP contribution in [0.25, 0.3) is 5.65 Å². The summed E-state index contributed by atoms with van der Waals surface area (Å²) in [5.74, 6) is 1.84. The minimum Gasteiger partial charge on any atom is -0.492 e. The SMILES string of the molecule is CN(c1ncccc1Nc1cccn2nc(Cc3ccc(OCCN4CCCC4)cc3)nc12)S(C)(=O)=O. The Bertz CT molecular complexity index is 1470. The van der Waals surface area contributed by atoms with Gasteiger partial charge in [-0.3, -0.25) is 9.21 Å². The lowest BCUT2D eigenvalue weighted by molar-refractivity contribution is 0.238. The molecule has 1 aliphatic rings. The van der Waals surface area contributed by atoms with Crippen LogP contribution in [0, 0.1) is 0 Å². The van der Waals surface area contributed by atoms with Gasteiger partial charge in [-0.2, -0.15) is 5.10 Å². The number of anilines is 3. The molecule has 5 rings (SSSR count). The van der Waals surface area contributed by atoms with E-state index in [4.69, 9.17) is 9.72 Å². The first kappa shape index (κ1) is 25.0. The van der Waals surface area contributed by atoms with Crippen LogP contribution in [0.5, 0.6) is 5.75 Å². The molecule has 10 nitrogen and oxygen atoms in total. The maximum absolute atomic E-state index is 12.1. The molecule has 0 amide bonds. The highest BCUT2D eigenvalue weighted by atomic mass is 32.2. The number of ether oxygens (including phenoxy) is 1. The largest absolute Gasteiger partial charge is 0.492 e. The van der Waals surface area contributed by atoms with Gasteiger partial charge < -0.3 is 10.1 Å². The van der Waals surface area contributed by atoms with Crippen molar-refractivity contribution in [3.63, 3.8) is 0 Å². The Kier molecular flexibility index (Phi) is 7.24. The molecule has 0 spiro atoms. The van der Waals surface area contributed by atoms with E-state index in [-0.39, 0.29) is 0 Å². The summed E-state index contributed by atoms with van der Waals surface area (Å²) in [5.41, 5.74) is 2.96. The second-order valence-corrected chi connectivity index (χ2v) is 11.2. The first-order chi connectivity index (χ1) is 17.9. The predicted octanol–water partition coefficient (Wildman–Crippen LogP) is 3.33. The van der Waals surface area contributed by atoms with E-state index in [2.05, 4.69) is 20.3 Å². The number of rotatable bonds is 10. The summed E-state index contributed by atoms with van der Waals surface area (Å²) in [6, 6.07) is 15.3. The first-order valence-corrected chi connectivity index (χ1v) is 14.2. The molecule has 1 saturated heterocycles. The van der Waals surface area contributed by atoms with E-state index in [9.17, 15) is 8.42 Å². The minimum absolute atomic E-state index is 0.300. The molecule has 194 valence electrons. The average molecular weight is 522 g/mol.